The van der Waals surface area contributed by atoms with Crippen LogP contribution in [-0.4, -0.2) is 24.6 Å². The fourth-order valence-electron chi connectivity index (χ4n) is 1.34. The fourth-order valence-corrected chi connectivity index (χ4v) is 1.34. The highest BCUT2D eigenvalue weighted by Crippen LogP contribution is 2.17. The minimum atomic E-state index is -0.420. The van der Waals surface area contributed by atoms with E-state index in [9.17, 15) is 4.79 Å². The predicted molar refractivity (Wildman–Crippen MR) is 68.2 cm³/mol. The molecule has 0 aliphatic carbocycles. The molecule has 4 heteroatoms. The average molecular weight is 236 g/mol. The van der Waals surface area contributed by atoms with E-state index in [-0.39, 0.29) is 5.91 Å². The van der Waals surface area contributed by atoms with E-state index in [0.29, 0.717) is 24.5 Å². The normalized spacial score (nSPS) is 11.1. The van der Waals surface area contributed by atoms with Crippen molar-refractivity contribution in [2.75, 3.05) is 13.2 Å². The summed E-state index contributed by atoms with van der Waals surface area (Å²) >= 11 is 0. The first-order valence-corrected chi connectivity index (χ1v) is 5.73. The molecule has 0 atom stereocenters. The number of rotatable bonds is 5. The van der Waals surface area contributed by atoms with Gasteiger partial charge in [0.1, 0.15) is 5.75 Å². The molecule has 0 radical (unpaired) electrons. The monoisotopic (exact) mass is 236 g/mol. The lowest BCUT2D eigenvalue weighted by molar-refractivity contribution is 0.0942. The quantitative estimate of drug-likeness (QED) is 0.815. The summed E-state index contributed by atoms with van der Waals surface area (Å²) in [5, 5.41) is 2.79. The summed E-state index contributed by atoms with van der Waals surface area (Å²) in [6.45, 7) is 6.57. The lowest BCUT2D eigenvalue weighted by Gasteiger charge is -2.19. The standard InChI is InChI=1S/C13H20N2O2/c1-4-17-11-8-6-5-7-10(11)12(16)15-9-13(2,3)14/h5-8H,4,9,14H2,1-3H3,(H,15,16). The number of carbonyl (C=O) groups excluding carboxylic acids is 1. The molecule has 17 heavy (non-hydrogen) atoms. The first-order chi connectivity index (χ1) is 7.94. The van der Waals surface area contributed by atoms with E-state index in [2.05, 4.69) is 5.32 Å². The van der Waals surface area contributed by atoms with Gasteiger partial charge in [0.25, 0.3) is 5.91 Å². The zero-order valence-corrected chi connectivity index (χ0v) is 10.6. The number of nitrogens with two attached hydrogens (primary N) is 1. The Morgan fingerprint density at radius 3 is 2.65 bits per heavy atom. The molecule has 0 heterocycles. The molecular weight excluding hydrogens is 216 g/mol. The molecule has 0 fully saturated rings. The van der Waals surface area contributed by atoms with Crippen LogP contribution in [0.25, 0.3) is 0 Å². The summed E-state index contributed by atoms with van der Waals surface area (Å²) < 4.78 is 5.40. The Morgan fingerprint density at radius 1 is 1.41 bits per heavy atom. The van der Waals surface area contributed by atoms with E-state index < -0.39 is 5.54 Å². The number of para-hydroxylation sites is 1. The van der Waals surface area contributed by atoms with Crippen molar-refractivity contribution in [3.05, 3.63) is 29.8 Å². The molecule has 0 aliphatic heterocycles. The van der Waals surface area contributed by atoms with Gasteiger partial charge in [-0.05, 0) is 32.9 Å². The molecule has 0 aromatic heterocycles. The molecule has 4 nitrogen and oxygen atoms in total. The third kappa shape index (κ3) is 4.44. The molecule has 0 saturated carbocycles. The number of carbonyl (C=O) groups is 1. The number of amides is 1. The van der Waals surface area contributed by atoms with E-state index >= 15 is 0 Å². The van der Waals surface area contributed by atoms with Crippen LogP contribution in [0.15, 0.2) is 24.3 Å². The molecule has 1 aromatic rings. The van der Waals surface area contributed by atoms with Crippen LogP contribution < -0.4 is 15.8 Å². The summed E-state index contributed by atoms with van der Waals surface area (Å²) in [6, 6.07) is 7.18. The molecule has 0 aliphatic rings. The lowest BCUT2D eigenvalue weighted by atomic mass is 10.1. The summed E-state index contributed by atoms with van der Waals surface area (Å²) in [6.07, 6.45) is 0. The van der Waals surface area contributed by atoms with Crippen molar-refractivity contribution >= 4 is 5.91 Å². The summed E-state index contributed by atoms with van der Waals surface area (Å²) in [5.74, 6) is 0.440. The van der Waals surface area contributed by atoms with Crippen molar-refractivity contribution in [2.24, 2.45) is 5.73 Å². The highest BCUT2D eigenvalue weighted by Gasteiger charge is 2.15. The van der Waals surface area contributed by atoms with Crippen LogP contribution in [0.4, 0.5) is 0 Å². The van der Waals surface area contributed by atoms with Crippen LogP contribution in [0.1, 0.15) is 31.1 Å². The predicted octanol–water partition coefficient (Wildman–Crippen LogP) is 1.55. The van der Waals surface area contributed by atoms with Gasteiger partial charge in [-0.3, -0.25) is 4.79 Å². The van der Waals surface area contributed by atoms with E-state index in [1.165, 1.54) is 0 Å². The minimum Gasteiger partial charge on any atom is -0.493 e. The maximum Gasteiger partial charge on any atom is 0.255 e. The van der Waals surface area contributed by atoms with E-state index in [1.807, 2.05) is 32.9 Å². The topological polar surface area (TPSA) is 64.3 Å². The summed E-state index contributed by atoms with van der Waals surface area (Å²) in [5.41, 5.74) is 5.93. The highest BCUT2D eigenvalue weighted by atomic mass is 16.5. The van der Waals surface area contributed by atoms with Gasteiger partial charge in [0.05, 0.1) is 12.2 Å². The van der Waals surface area contributed by atoms with Crippen LogP contribution in [0.2, 0.25) is 0 Å². The summed E-state index contributed by atoms with van der Waals surface area (Å²) in [4.78, 5) is 11.9. The Labute approximate surface area is 102 Å². The Morgan fingerprint density at radius 2 is 2.06 bits per heavy atom. The van der Waals surface area contributed by atoms with Crippen molar-refractivity contribution in [3.8, 4) is 5.75 Å². The first-order valence-electron chi connectivity index (χ1n) is 5.73. The van der Waals surface area contributed by atoms with Gasteiger partial charge >= 0.3 is 0 Å². The van der Waals surface area contributed by atoms with Gasteiger partial charge in [0.15, 0.2) is 0 Å². The SMILES string of the molecule is CCOc1ccccc1C(=O)NCC(C)(C)N. The largest absolute Gasteiger partial charge is 0.493 e. The van der Waals surface area contributed by atoms with Crippen LogP contribution in [-0.2, 0) is 0 Å². The molecule has 0 spiro atoms. The Bertz CT molecular complexity index is 383. The van der Waals surface area contributed by atoms with Crippen molar-refractivity contribution in [1.82, 2.24) is 5.32 Å². The molecule has 94 valence electrons. The van der Waals surface area contributed by atoms with Crippen LogP contribution in [0, 0.1) is 0 Å². The molecular formula is C13H20N2O2. The second-order valence-corrected chi connectivity index (χ2v) is 4.60. The third-order valence-corrected chi connectivity index (χ3v) is 2.14. The second kappa shape index (κ2) is 5.68. The minimum absolute atomic E-state index is 0.160. The fraction of sp³-hybridized carbons (Fsp3) is 0.462. The number of hydrogen-bond donors (Lipinski definition) is 2. The Hall–Kier alpha value is -1.55. The molecule has 0 bridgehead atoms. The van der Waals surface area contributed by atoms with E-state index in [0.717, 1.165) is 0 Å². The van der Waals surface area contributed by atoms with Gasteiger partial charge in [-0.1, -0.05) is 12.1 Å². The van der Waals surface area contributed by atoms with E-state index in [4.69, 9.17) is 10.5 Å². The van der Waals surface area contributed by atoms with Gasteiger partial charge in [-0.25, -0.2) is 0 Å². The second-order valence-electron chi connectivity index (χ2n) is 4.60. The molecule has 3 N–H and O–H groups in total. The Kier molecular flexibility index (Phi) is 4.52. The van der Waals surface area contributed by atoms with Crippen molar-refractivity contribution in [2.45, 2.75) is 26.3 Å². The maximum absolute atomic E-state index is 11.9. The van der Waals surface area contributed by atoms with Gasteiger partial charge in [0, 0.05) is 12.1 Å². The number of benzene rings is 1. The highest BCUT2D eigenvalue weighted by molar-refractivity contribution is 5.96. The average Bonchev–Trinajstić information content (AvgIpc) is 2.26. The third-order valence-electron chi connectivity index (χ3n) is 2.14. The van der Waals surface area contributed by atoms with Gasteiger partial charge in [-0.2, -0.15) is 0 Å². The van der Waals surface area contributed by atoms with Gasteiger partial charge in [-0.15, -0.1) is 0 Å². The van der Waals surface area contributed by atoms with Crippen LogP contribution in [0.3, 0.4) is 0 Å². The molecule has 0 unspecified atom stereocenters. The van der Waals surface area contributed by atoms with Crippen LogP contribution in [0.5, 0.6) is 5.75 Å². The number of hydrogen-bond acceptors (Lipinski definition) is 3. The molecule has 1 amide bonds. The molecule has 1 rings (SSSR count). The smallest absolute Gasteiger partial charge is 0.255 e. The number of ether oxygens (including phenoxy) is 1. The zero-order chi connectivity index (χ0) is 12.9. The van der Waals surface area contributed by atoms with Crippen LogP contribution >= 0.6 is 0 Å². The van der Waals surface area contributed by atoms with Gasteiger partial charge in [0.2, 0.25) is 0 Å². The van der Waals surface area contributed by atoms with Gasteiger partial charge < -0.3 is 15.8 Å². The first kappa shape index (κ1) is 13.5. The maximum atomic E-state index is 11.9. The number of nitrogens with one attached hydrogen (secondary N) is 1. The molecule has 1 aromatic carbocycles. The summed E-state index contributed by atoms with van der Waals surface area (Å²) in [7, 11) is 0. The van der Waals surface area contributed by atoms with Crippen molar-refractivity contribution < 1.29 is 9.53 Å². The lowest BCUT2D eigenvalue weighted by Crippen LogP contribution is -2.45. The van der Waals surface area contributed by atoms with E-state index in [1.54, 1.807) is 12.1 Å². The zero-order valence-electron chi connectivity index (χ0n) is 10.6. The van der Waals surface area contributed by atoms with Crippen molar-refractivity contribution in [3.63, 3.8) is 0 Å². The Balaban J connectivity index is 2.74. The molecule has 0 saturated heterocycles. The van der Waals surface area contributed by atoms with Crippen molar-refractivity contribution in [1.29, 1.82) is 0 Å².